The van der Waals surface area contributed by atoms with Gasteiger partial charge in [-0.05, 0) is 95.0 Å². The number of carbonyl (C=O) groups is 1. The van der Waals surface area contributed by atoms with Crippen molar-refractivity contribution in [3.8, 4) is 12.1 Å². The number of halogens is 2. The van der Waals surface area contributed by atoms with E-state index in [1.54, 1.807) is 38.4 Å². The Kier molecular flexibility index (Phi) is 16.5. The molecule has 2 saturated carbocycles. The number of fused-ring (bicyclic) bond motifs is 2. The number of piperazine rings is 2. The number of nitrogens with one attached hydrogen (secondary N) is 2. The predicted molar refractivity (Wildman–Crippen MR) is 280 cm³/mol. The number of pyridine rings is 2. The number of hydrogen-bond donors (Lipinski definition) is 3. The van der Waals surface area contributed by atoms with Crippen LogP contribution in [0.1, 0.15) is 95.3 Å². The van der Waals surface area contributed by atoms with Gasteiger partial charge < -0.3 is 35.8 Å². The Bertz CT molecular complexity index is 3270. The molecule has 74 heavy (non-hydrogen) atoms. The lowest BCUT2D eigenvalue weighted by Crippen LogP contribution is -2.50. The van der Waals surface area contributed by atoms with Gasteiger partial charge in [0.15, 0.2) is 0 Å². The van der Waals surface area contributed by atoms with Crippen molar-refractivity contribution < 1.29 is 22.5 Å². The SMILES string of the molecule is CC(C)(C)OC(=O)N1CCN(c2ccc(N)c(F)c2)CC1.CS(=O)c1ncc2cc(C#N)c(=O)n(C3CCCC3)c2n1.N#Cc1cc2cnc(Nc3ccc(N4CCNCC4)cc3F)nc2n(C2CCCC2)c1=O. The van der Waals surface area contributed by atoms with Crippen LogP contribution >= 0.6 is 0 Å². The first-order valence-corrected chi connectivity index (χ1v) is 26.4. The number of hydrogen-bond acceptors (Lipinski definition) is 16. The molecule has 6 heterocycles. The average Bonchev–Trinajstić information content (AvgIpc) is 4.14. The molecule has 2 aliphatic heterocycles. The fraction of sp³-hybridized carbons (Fsp3) is 0.442. The van der Waals surface area contributed by atoms with E-state index in [9.17, 15) is 32.6 Å². The molecule has 0 bridgehead atoms. The minimum atomic E-state index is -1.31. The normalized spacial score (nSPS) is 16.7. The molecular formula is C52H60F2N14O5S. The van der Waals surface area contributed by atoms with E-state index in [1.165, 1.54) is 36.7 Å². The minimum absolute atomic E-state index is 0.0103. The maximum atomic E-state index is 14.8. The number of amides is 1. The summed E-state index contributed by atoms with van der Waals surface area (Å²) in [5.74, 6) is -0.595. The predicted octanol–water partition coefficient (Wildman–Crippen LogP) is 7.05. The number of nitrogens with zero attached hydrogens (tertiary/aromatic N) is 11. The van der Waals surface area contributed by atoms with Gasteiger partial charge in [-0.2, -0.15) is 15.5 Å². The van der Waals surface area contributed by atoms with Crippen LogP contribution in [0.3, 0.4) is 0 Å². The highest BCUT2D eigenvalue weighted by Crippen LogP contribution is 2.33. The second-order valence-electron chi connectivity index (χ2n) is 19.6. The molecule has 2 aromatic carbocycles. The Hall–Kier alpha value is -7.56. The highest BCUT2D eigenvalue weighted by Gasteiger charge is 2.28. The quantitative estimate of drug-likeness (QED) is 0.107. The van der Waals surface area contributed by atoms with Crippen molar-refractivity contribution >= 4 is 67.7 Å². The van der Waals surface area contributed by atoms with Crippen LogP contribution in [0.25, 0.3) is 22.1 Å². The van der Waals surface area contributed by atoms with Crippen LogP contribution in [0.5, 0.6) is 0 Å². The van der Waals surface area contributed by atoms with E-state index in [0.29, 0.717) is 48.2 Å². The summed E-state index contributed by atoms with van der Waals surface area (Å²) in [6.07, 6.45) is 12.1. The number of rotatable bonds is 7. The molecule has 2 aliphatic carbocycles. The van der Waals surface area contributed by atoms with Gasteiger partial charge in [0.05, 0.1) is 22.2 Å². The first kappa shape index (κ1) is 52.8. The Balaban J connectivity index is 0.000000154. The lowest BCUT2D eigenvalue weighted by molar-refractivity contribution is 0.0240. The Morgan fingerprint density at radius 1 is 0.757 bits per heavy atom. The smallest absolute Gasteiger partial charge is 0.410 e. The Morgan fingerprint density at radius 3 is 1.78 bits per heavy atom. The maximum Gasteiger partial charge on any atom is 0.410 e. The molecule has 0 spiro atoms. The summed E-state index contributed by atoms with van der Waals surface area (Å²) < 4.78 is 48.5. The van der Waals surface area contributed by atoms with Crippen molar-refractivity contribution in [1.29, 1.82) is 10.5 Å². The van der Waals surface area contributed by atoms with E-state index < -0.39 is 28.0 Å². The molecule has 4 aliphatic rings. The summed E-state index contributed by atoms with van der Waals surface area (Å²) in [5, 5.41) is 26.2. The number of aromatic nitrogens is 6. The zero-order chi connectivity index (χ0) is 52.7. The van der Waals surface area contributed by atoms with Gasteiger partial charge in [-0.1, -0.05) is 25.7 Å². The van der Waals surface area contributed by atoms with Crippen LogP contribution in [-0.4, -0.2) is 108 Å². The minimum Gasteiger partial charge on any atom is -0.444 e. The summed E-state index contributed by atoms with van der Waals surface area (Å²) in [6.45, 7) is 11.4. The van der Waals surface area contributed by atoms with Crippen molar-refractivity contribution in [2.75, 3.05) is 79.5 Å². The van der Waals surface area contributed by atoms with Crippen LogP contribution in [0.15, 0.2) is 75.7 Å². The van der Waals surface area contributed by atoms with E-state index in [2.05, 4.69) is 35.5 Å². The van der Waals surface area contributed by atoms with E-state index in [4.69, 9.17) is 15.7 Å². The molecule has 19 nitrogen and oxygen atoms in total. The van der Waals surface area contributed by atoms with Crippen molar-refractivity contribution in [2.24, 2.45) is 0 Å². The van der Waals surface area contributed by atoms with Crippen molar-refractivity contribution in [3.63, 3.8) is 0 Å². The van der Waals surface area contributed by atoms with Gasteiger partial charge in [-0.25, -0.2) is 28.5 Å². The van der Waals surface area contributed by atoms with Crippen molar-refractivity contribution in [3.05, 3.63) is 104 Å². The Labute approximate surface area is 429 Å². The van der Waals surface area contributed by atoms with Gasteiger partial charge in [0.1, 0.15) is 51.8 Å². The highest BCUT2D eigenvalue weighted by atomic mass is 32.2. The average molecular weight is 1030 g/mol. The van der Waals surface area contributed by atoms with Crippen LogP contribution < -0.4 is 37.3 Å². The fourth-order valence-electron chi connectivity index (χ4n) is 9.62. The third-order valence-electron chi connectivity index (χ3n) is 13.4. The third-order valence-corrected chi connectivity index (χ3v) is 14.1. The fourth-order valence-corrected chi connectivity index (χ4v) is 10.0. The number of nitrogen functional groups attached to an aromatic ring is 1. The number of nitrogens with two attached hydrogens (primary N) is 1. The van der Waals surface area contributed by atoms with Gasteiger partial charge in [0.25, 0.3) is 11.1 Å². The standard InChI is InChI=1S/C23H24FN7O.C15H22FN3O2.C14H14N4O2S/c24-19-12-18(30-9-7-26-8-10-30)5-6-20(19)28-23-27-14-16-11-15(13-25)22(32)31(21(16)29-23)17-3-1-2-4-17;1-15(2,3)21-14(20)19-8-6-18(7-9-19)11-4-5-13(17)12(16)10-11;1-21(20)14-16-8-10-6-9(7-15)13(19)18(12(10)17-14)11-4-2-3-5-11/h5-6,11-12,14,17,26H,1-4,7-10H2,(H,27,28,29);4-5,10H,6-9,17H2,1-3H3;6,8,11H,2-5H2,1H3. The van der Waals surface area contributed by atoms with E-state index >= 15 is 0 Å². The summed E-state index contributed by atoms with van der Waals surface area (Å²) >= 11 is 0. The lowest BCUT2D eigenvalue weighted by atomic mass is 10.2. The monoisotopic (exact) mass is 1030 g/mol. The summed E-state index contributed by atoms with van der Waals surface area (Å²) in [7, 11) is -1.31. The number of carbonyl (C=O) groups excluding carboxylic acids is 1. The molecule has 0 radical (unpaired) electrons. The topological polar surface area (TPSA) is 246 Å². The molecule has 1 amide bonds. The van der Waals surface area contributed by atoms with E-state index in [0.717, 1.165) is 88.9 Å². The van der Waals surface area contributed by atoms with E-state index in [1.807, 2.05) is 43.9 Å². The molecule has 1 unspecified atom stereocenters. The molecular weight excluding hydrogens is 971 g/mol. The summed E-state index contributed by atoms with van der Waals surface area (Å²) in [5.41, 5.74) is 7.51. The molecule has 1 atom stereocenters. The number of anilines is 5. The van der Waals surface area contributed by atoms with E-state index in [-0.39, 0.29) is 62.9 Å². The van der Waals surface area contributed by atoms with Crippen LogP contribution in [0, 0.1) is 34.3 Å². The summed E-state index contributed by atoms with van der Waals surface area (Å²) in [4.78, 5) is 60.4. The Morgan fingerprint density at radius 2 is 1.27 bits per heavy atom. The largest absolute Gasteiger partial charge is 0.444 e. The summed E-state index contributed by atoms with van der Waals surface area (Å²) in [6, 6.07) is 16.9. The first-order valence-electron chi connectivity index (χ1n) is 24.8. The molecule has 4 N–H and O–H groups in total. The molecule has 10 rings (SSSR count). The highest BCUT2D eigenvalue weighted by molar-refractivity contribution is 7.84. The van der Waals surface area contributed by atoms with Crippen molar-refractivity contribution in [2.45, 2.75) is 95.0 Å². The van der Waals surface area contributed by atoms with Crippen molar-refractivity contribution in [1.82, 2.24) is 39.3 Å². The van der Waals surface area contributed by atoms with Crippen LogP contribution in [0.4, 0.5) is 42.3 Å². The van der Waals surface area contributed by atoms with Crippen LogP contribution in [-0.2, 0) is 15.5 Å². The lowest BCUT2D eigenvalue weighted by Gasteiger charge is -2.36. The second-order valence-corrected chi connectivity index (χ2v) is 20.9. The maximum absolute atomic E-state index is 14.8. The molecule has 22 heteroatoms. The van der Waals surface area contributed by atoms with Gasteiger partial charge in [0.2, 0.25) is 11.1 Å². The zero-order valence-electron chi connectivity index (χ0n) is 41.9. The number of nitriles is 2. The van der Waals surface area contributed by atoms with Gasteiger partial charge in [-0.3, -0.25) is 22.9 Å². The first-order chi connectivity index (χ1) is 35.5. The second kappa shape index (κ2) is 23.1. The molecule has 4 fully saturated rings. The van der Waals surface area contributed by atoms with Gasteiger partial charge in [-0.15, -0.1) is 0 Å². The molecule has 6 aromatic rings. The van der Waals surface area contributed by atoms with Gasteiger partial charge in [0, 0.05) is 105 Å². The number of benzene rings is 2. The number of ether oxygens (including phenoxy) is 1. The molecule has 2 saturated heterocycles. The van der Waals surface area contributed by atoms with Gasteiger partial charge >= 0.3 is 6.09 Å². The zero-order valence-corrected chi connectivity index (χ0v) is 42.8. The van der Waals surface area contributed by atoms with Crippen LogP contribution in [0.2, 0.25) is 0 Å². The molecule has 4 aromatic heterocycles. The molecule has 388 valence electrons. The third kappa shape index (κ3) is 12.3.